The Kier molecular flexibility index (Phi) is 6.85. The predicted molar refractivity (Wildman–Crippen MR) is 92.6 cm³/mol. The summed E-state index contributed by atoms with van der Waals surface area (Å²) in [5, 5.41) is 8.00. The number of carbonyl (C=O) groups excluding carboxylic acids is 1. The van der Waals surface area contributed by atoms with E-state index in [1.165, 1.54) is 11.1 Å². The van der Waals surface area contributed by atoms with Gasteiger partial charge in [-0.15, -0.1) is 23.7 Å². The average Bonchev–Trinajstić information content (AvgIpc) is 2.90. The molecule has 0 spiro atoms. The van der Waals surface area contributed by atoms with Gasteiger partial charge >= 0.3 is 0 Å². The van der Waals surface area contributed by atoms with Gasteiger partial charge in [0.1, 0.15) is 0 Å². The summed E-state index contributed by atoms with van der Waals surface area (Å²) in [6.07, 6.45) is 2.57. The molecule has 1 unspecified atom stereocenters. The first-order valence-electron chi connectivity index (χ1n) is 7.09. The van der Waals surface area contributed by atoms with E-state index in [-0.39, 0.29) is 24.4 Å². The number of halogens is 1. The van der Waals surface area contributed by atoms with Gasteiger partial charge in [-0.1, -0.05) is 6.07 Å². The van der Waals surface area contributed by atoms with E-state index in [9.17, 15) is 13.2 Å². The Balaban J connectivity index is 0.00000242. The molecule has 1 aliphatic rings. The molecule has 1 aromatic heterocycles. The SMILES string of the molecule is CC(Cc1cccs1)NC(=O)C1(S(C)(=O)=O)CCNCC1.Cl. The van der Waals surface area contributed by atoms with Gasteiger partial charge in [0.2, 0.25) is 5.91 Å². The van der Waals surface area contributed by atoms with E-state index < -0.39 is 14.6 Å². The number of sulfone groups is 1. The summed E-state index contributed by atoms with van der Waals surface area (Å²) in [6, 6.07) is 3.91. The van der Waals surface area contributed by atoms with Crippen molar-refractivity contribution in [2.45, 2.75) is 37.0 Å². The van der Waals surface area contributed by atoms with E-state index in [4.69, 9.17) is 0 Å². The van der Waals surface area contributed by atoms with Gasteiger partial charge < -0.3 is 10.6 Å². The fourth-order valence-corrected chi connectivity index (χ4v) is 4.91. The zero-order chi connectivity index (χ0) is 15.5. The van der Waals surface area contributed by atoms with Gasteiger partial charge in [-0.05, 0) is 44.3 Å². The van der Waals surface area contributed by atoms with Crippen LogP contribution in [0.2, 0.25) is 0 Å². The number of amides is 1. The molecule has 1 aromatic rings. The lowest BCUT2D eigenvalue weighted by Crippen LogP contribution is -2.58. The maximum absolute atomic E-state index is 12.6. The van der Waals surface area contributed by atoms with Crippen molar-refractivity contribution in [1.82, 2.24) is 10.6 Å². The molecule has 1 amide bonds. The Labute approximate surface area is 142 Å². The third-order valence-electron chi connectivity index (χ3n) is 4.00. The molecule has 0 aliphatic carbocycles. The van der Waals surface area contributed by atoms with Gasteiger partial charge in [0, 0.05) is 23.6 Å². The van der Waals surface area contributed by atoms with Crippen molar-refractivity contribution in [1.29, 1.82) is 0 Å². The van der Waals surface area contributed by atoms with E-state index in [2.05, 4.69) is 10.6 Å². The molecule has 2 rings (SSSR count). The van der Waals surface area contributed by atoms with E-state index >= 15 is 0 Å². The van der Waals surface area contributed by atoms with Crippen LogP contribution in [0.5, 0.6) is 0 Å². The highest BCUT2D eigenvalue weighted by Crippen LogP contribution is 2.28. The van der Waals surface area contributed by atoms with Gasteiger partial charge in [-0.25, -0.2) is 8.42 Å². The molecule has 2 N–H and O–H groups in total. The van der Waals surface area contributed by atoms with Gasteiger partial charge in [-0.3, -0.25) is 4.79 Å². The molecule has 1 saturated heterocycles. The van der Waals surface area contributed by atoms with Crippen molar-refractivity contribution in [2.24, 2.45) is 0 Å². The number of piperidine rings is 1. The first-order valence-corrected chi connectivity index (χ1v) is 9.86. The molecule has 5 nitrogen and oxygen atoms in total. The molecule has 1 atom stereocenters. The quantitative estimate of drug-likeness (QED) is 0.825. The van der Waals surface area contributed by atoms with Crippen LogP contribution in [-0.2, 0) is 21.1 Å². The van der Waals surface area contributed by atoms with Crippen LogP contribution >= 0.6 is 23.7 Å². The van der Waals surface area contributed by atoms with Crippen LogP contribution in [0.3, 0.4) is 0 Å². The van der Waals surface area contributed by atoms with Crippen LogP contribution in [0.4, 0.5) is 0 Å². The summed E-state index contributed by atoms with van der Waals surface area (Å²) in [6.45, 7) is 3.02. The van der Waals surface area contributed by atoms with Crippen LogP contribution in [0, 0.1) is 0 Å². The van der Waals surface area contributed by atoms with Gasteiger partial charge in [0.05, 0.1) is 0 Å². The third-order valence-corrected chi connectivity index (χ3v) is 6.91. The number of hydrogen-bond acceptors (Lipinski definition) is 5. The number of hydrogen-bond donors (Lipinski definition) is 2. The van der Waals surface area contributed by atoms with E-state index in [0.29, 0.717) is 25.9 Å². The van der Waals surface area contributed by atoms with Crippen LogP contribution < -0.4 is 10.6 Å². The average molecular weight is 367 g/mol. The van der Waals surface area contributed by atoms with Crippen LogP contribution in [0.15, 0.2) is 17.5 Å². The summed E-state index contributed by atoms with van der Waals surface area (Å²) < 4.78 is 23.0. The summed E-state index contributed by atoms with van der Waals surface area (Å²) in [5.74, 6) is -0.351. The minimum Gasteiger partial charge on any atom is -0.352 e. The van der Waals surface area contributed by atoms with Crippen molar-refractivity contribution < 1.29 is 13.2 Å². The Morgan fingerprint density at radius 3 is 2.59 bits per heavy atom. The summed E-state index contributed by atoms with van der Waals surface area (Å²) >= 11 is 1.64. The first-order chi connectivity index (χ1) is 9.85. The lowest BCUT2D eigenvalue weighted by Gasteiger charge is -2.35. The maximum atomic E-state index is 12.6. The van der Waals surface area contributed by atoms with E-state index in [1.54, 1.807) is 11.3 Å². The smallest absolute Gasteiger partial charge is 0.241 e. The highest BCUT2D eigenvalue weighted by molar-refractivity contribution is 7.92. The summed E-state index contributed by atoms with van der Waals surface area (Å²) in [4.78, 5) is 13.8. The number of thiophene rings is 1. The third kappa shape index (κ3) is 4.22. The molecule has 2 heterocycles. The molecule has 0 saturated carbocycles. The van der Waals surface area contributed by atoms with Crippen molar-refractivity contribution in [2.75, 3.05) is 19.3 Å². The molecule has 0 radical (unpaired) electrons. The van der Waals surface area contributed by atoms with Crippen molar-refractivity contribution in [3.63, 3.8) is 0 Å². The molecule has 0 aromatic carbocycles. The lowest BCUT2D eigenvalue weighted by molar-refractivity contribution is -0.124. The second-order valence-corrected chi connectivity index (χ2v) is 9.03. The summed E-state index contributed by atoms with van der Waals surface area (Å²) in [7, 11) is -3.44. The summed E-state index contributed by atoms with van der Waals surface area (Å²) in [5.41, 5.74) is 0. The minimum atomic E-state index is -3.44. The van der Waals surface area contributed by atoms with E-state index in [1.807, 2.05) is 24.4 Å². The normalized spacial score (nSPS) is 19.0. The van der Waals surface area contributed by atoms with Gasteiger partial charge in [0.15, 0.2) is 14.6 Å². The highest BCUT2D eigenvalue weighted by Gasteiger charge is 2.48. The lowest BCUT2D eigenvalue weighted by atomic mass is 9.95. The Hall–Kier alpha value is -0.630. The predicted octanol–water partition coefficient (Wildman–Crippen LogP) is 1.38. The molecular weight excluding hydrogens is 344 g/mol. The standard InChI is InChI=1S/C14H22N2O3S2.ClH/c1-11(10-12-4-3-9-20-12)16-13(17)14(21(2,18)19)5-7-15-8-6-14;/h3-4,9,11,15H,5-8,10H2,1-2H3,(H,16,17);1H. The fraction of sp³-hybridized carbons (Fsp3) is 0.643. The number of rotatable bonds is 5. The van der Waals surface area contributed by atoms with Gasteiger partial charge in [-0.2, -0.15) is 0 Å². The topological polar surface area (TPSA) is 75.3 Å². The van der Waals surface area contributed by atoms with Crippen LogP contribution in [-0.4, -0.2) is 44.5 Å². The first kappa shape index (κ1) is 19.4. The van der Waals surface area contributed by atoms with Crippen LogP contribution in [0.25, 0.3) is 0 Å². The minimum absolute atomic E-state index is 0. The highest BCUT2D eigenvalue weighted by atomic mass is 35.5. The molecule has 1 aliphatic heterocycles. The molecule has 0 bridgehead atoms. The Morgan fingerprint density at radius 2 is 2.09 bits per heavy atom. The maximum Gasteiger partial charge on any atom is 0.241 e. The Morgan fingerprint density at radius 1 is 1.45 bits per heavy atom. The molecule has 22 heavy (non-hydrogen) atoms. The largest absolute Gasteiger partial charge is 0.352 e. The fourth-order valence-electron chi connectivity index (χ4n) is 2.73. The zero-order valence-corrected chi connectivity index (χ0v) is 15.2. The Bertz CT molecular complexity index is 581. The monoisotopic (exact) mass is 366 g/mol. The second kappa shape index (κ2) is 7.77. The number of carbonyl (C=O) groups is 1. The zero-order valence-electron chi connectivity index (χ0n) is 12.8. The van der Waals surface area contributed by atoms with Crippen molar-refractivity contribution in [3.05, 3.63) is 22.4 Å². The molecule has 1 fully saturated rings. The molecule has 8 heteroatoms. The molecular formula is C14H23ClN2O3S2. The second-order valence-electron chi connectivity index (χ2n) is 5.67. The van der Waals surface area contributed by atoms with Crippen molar-refractivity contribution >= 4 is 39.5 Å². The molecule has 126 valence electrons. The number of nitrogens with one attached hydrogen (secondary N) is 2. The van der Waals surface area contributed by atoms with Crippen molar-refractivity contribution in [3.8, 4) is 0 Å². The van der Waals surface area contributed by atoms with Gasteiger partial charge in [0.25, 0.3) is 0 Å². The van der Waals surface area contributed by atoms with Crippen LogP contribution in [0.1, 0.15) is 24.6 Å². The van der Waals surface area contributed by atoms with E-state index in [0.717, 1.165) is 6.42 Å².